The SMILES string of the molecule is Nc1c(-c2ccc([N+](=O)[O-])cc2)cnc2[nH]ccc12. The minimum Gasteiger partial charge on any atom is -0.398 e. The molecule has 19 heavy (non-hydrogen) atoms. The summed E-state index contributed by atoms with van der Waals surface area (Å²) in [5.41, 5.74) is 9.06. The van der Waals surface area contributed by atoms with E-state index in [0.29, 0.717) is 5.69 Å². The standard InChI is InChI=1S/C13H10N4O2/c14-12-10-5-6-15-13(10)16-7-11(12)8-1-3-9(4-2-8)17(18)19/h1-7H,(H3,14,15,16). The highest BCUT2D eigenvalue weighted by atomic mass is 16.6. The molecule has 0 aliphatic rings. The van der Waals surface area contributed by atoms with Gasteiger partial charge in [-0.3, -0.25) is 10.1 Å². The topological polar surface area (TPSA) is 97.8 Å². The van der Waals surface area contributed by atoms with E-state index in [1.54, 1.807) is 24.5 Å². The fourth-order valence-electron chi connectivity index (χ4n) is 2.02. The molecule has 0 amide bonds. The van der Waals surface area contributed by atoms with Gasteiger partial charge in [0.2, 0.25) is 0 Å². The minimum absolute atomic E-state index is 0.0537. The number of nitrogen functional groups attached to an aromatic ring is 1. The Hall–Kier alpha value is -2.89. The summed E-state index contributed by atoms with van der Waals surface area (Å²) in [7, 11) is 0. The Bertz CT molecular complexity index is 762. The van der Waals surface area contributed by atoms with Crippen LogP contribution in [0, 0.1) is 10.1 Å². The maximum absolute atomic E-state index is 10.6. The Labute approximate surface area is 108 Å². The molecule has 1 aromatic carbocycles. The molecule has 0 fully saturated rings. The van der Waals surface area contributed by atoms with E-state index in [-0.39, 0.29) is 5.69 Å². The first-order valence-corrected chi connectivity index (χ1v) is 5.63. The highest BCUT2D eigenvalue weighted by Gasteiger charge is 2.10. The number of benzene rings is 1. The number of aromatic nitrogens is 2. The van der Waals surface area contributed by atoms with Crippen LogP contribution in [0.3, 0.4) is 0 Å². The van der Waals surface area contributed by atoms with Crippen LogP contribution in [-0.4, -0.2) is 14.9 Å². The van der Waals surface area contributed by atoms with Crippen molar-refractivity contribution in [3.8, 4) is 11.1 Å². The van der Waals surface area contributed by atoms with E-state index < -0.39 is 4.92 Å². The highest BCUT2D eigenvalue weighted by molar-refractivity contribution is 5.96. The summed E-state index contributed by atoms with van der Waals surface area (Å²) in [5.74, 6) is 0. The van der Waals surface area contributed by atoms with E-state index in [9.17, 15) is 10.1 Å². The Kier molecular flexibility index (Phi) is 2.42. The molecule has 0 aliphatic heterocycles. The highest BCUT2D eigenvalue weighted by Crippen LogP contribution is 2.31. The third-order valence-electron chi connectivity index (χ3n) is 3.02. The number of nitrogens with zero attached hydrogens (tertiary/aromatic N) is 2. The minimum atomic E-state index is -0.430. The smallest absolute Gasteiger partial charge is 0.269 e. The Balaban J connectivity index is 2.13. The second kappa shape index (κ2) is 4.09. The molecule has 0 spiro atoms. The maximum atomic E-state index is 10.6. The van der Waals surface area contributed by atoms with Crippen molar-refractivity contribution in [1.82, 2.24) is 9.97 Å². The van der Waals surface area contributed by atoms with E-state index in [2.05, 4.69) is 9.97 Å². The van der Waals surface area contributed by atoms with Crippen LogP contribution in [0.1, 0.15) is 0 Å². The number of nitro benzene ring substituents is 1. The number of non-ortho nitro benzene ring substituents is 1. The zero-order valence-corrected chi connectivity index (χ0v) is 9.83. The molecular weight excluding hydrogens is 244 g/mol. The molecule has 94 valence electrons. The predicted molar refractivity (Wildman–Crippen MR) is 72.6 cm³/mol. The van der Waals surface area contributed by atoms with Crippen molar-refractivity contribution in [3.05, 3.63) is 52.8 Å². The number of nitro groups is 1. The van der Waals surface area contributed by atoms with Crippen LogP contribution < -0.4 is 5.73 Å². The molecule has 3 rings (SSSR count). The third-order valence-corrected chi connectivity index (χ3v) is 3.02. The normalized spacial score (nSPS) is 10.7. The Morgan fingerprint density at radius 2 is 1.95 bits per heavy atom. The van der Waals surface area contributed by atoms with E-state index in [1.165, 1.54) is 12.1 Å². The average molecular weight is 254 g/mol. The number of hydrogen-bond acceptors (Lipinski definition) is 4. The monoisotopic (exact) mass is 254 g/mol. The molecular formula is C13H10N4O2. The summed E-state index contributed by atoms with van der Waals surface area (Å²) in [6.07, 6.45) is 3.43. The number of anilines is 1. The van der Waals surface area contributed by atoms with Gasteiger partial charge in [0.15, 0.2) is 0 Å². The molecule has 3 aromatic rings. The van der Waals surface area contributed by atoms with Gasteiger partial charge in [-0.2, -0.15) is 0 Å². The van der Waals surface area contributed by atoms with Crippen molar-refractivity contribution in [2.75, 3.05) is 5.73 Å². The number of pyridine rings is 1. The second-order valence-electron chi connectivity index (χ2n) is 4.13. The van der Waals surface area contributed by atoms with Crippen molar-refractivity contribution in [2.24, 2.45) is 0 Å². The lowest BCUT2D eigenvalue weighted by Gasteiger charge is -2.06. The number of nitrogens with two attached hydrogens (primary N) is 1. The summed E-state index contributed by atoms with van der Waals surface area (Å²) in [6, 6.07) is 8.10. The number of H-pyrrole nitrogens is 1. The van der Waals surface area contributed by atoms with Crippen molar-refractivity contribution < 1.29 is 4.92 Å². The second-order valence-corrected chi connectivity index (χ2v) is 4.13. The number of hydrogen-bond donors (Lipinski definition) is 2. The zero-order chi connectivity index (χ0) is 13.4. The van der Waals surface area contributed by atoms with Crippen LogP contribution in [0.15, 0.2) is 42.7 Å². The van der Waals surface area contributed by atoms with Crippen molar-refractivity contribution in [1.29, 1.82) is 0 Å². The van der Waals surface area contributed by atoms with Crippen LogP contribution in [0.5, 0.6) is 0 Å². The van der Waals surface area contributed by atoms with Gasteiger partial charge in [-0.05, 0) is 23.8 Å². The summed E-state index contributed by atoms with van der Waals surface area (Å²) < 4.78 is 0. The van der Waals surface area contributed by atoms with Crippen molar-refractivity contribution in [2.45, 2.75) is 0 Å². The molecule has 3 N–H and O–H groups in total. The quantitative estimate of drug-likeness (QED) is 0.542. The zero-order valence-electron chi connectivity index (χ0n) is 9.83. The Morgan fingerprint density at radius 1 is 1.21 bits per heavy atom. The number of aromatic amines is 1. The summed E-state index contributed by atoms with van der Waals surface area (Å²) in [6.45, 7) is 0. The van der Waals surface area contributed by atoms with Gasteiger partial charge < -0.3 is 10.7 Å². The molecule has 0 atom stereocenters. The van der Waals surface area contributed by atoms with E-state index in [0.717, 1.165) is 22.2 Å². The van der Waals surface area contributed by atoms with E-state index >= 15 is 0 Å². The number of fused-ring (bicyclic) bond motifs is 1. The lowest BCUT2D eigenvalue weighted by Crippen LogP contribution is -1.93. The molecule has 0 saturated heterocycles. The molecule has 2 aromatic heterocycles. The van der Waals surface area contributed by atoms with Crippen LogP contribution in [0.2, 0.25) is 0 Å². The lowest BCUT2D eigenvalue weighted by molar-refractivity contribution is -0.384. The number of nitrogens with one attached hydrogen (secondary N) is 1. The predicted octanol–water partition coefficient (Wildman–Crippen LogP) is 2.72. The molecule has 0 saturated carbocycles. The van der Waals surface area contributed by atoms with Gasteiger partial charge in [-0.25, -0.2) is 4.98 Å². The van der Waals surface area contributed by atoms with Gasteiger partial charge in [-0.15, -0.1) is 0 Å². The summed E-state index contributed by atoms with van der Waals surface area (Å²) in [4.78, 5) is 17.4. The van der Waals surface area contributed by atoms with Gasteiger partial charge in [0, 0.05) is 35.5 Å². The number of rotatable bonds is 2. The van der Waals surface area contributed by atoms with Crippen LogP contribution >= 0.6 is 0 Å². The molecule has 6 heteroatoms. The first-order valence-electron chi connectivity index (χ1n) is 5.63. The lowest BCUT2D eigenvalue weighted by atomic mass is 10.0. The van der Waals surface area contributed by atoms with Crippen LogP contribution in [0.4, 0.5) is 11.4 Å². The van der Waals surface area contributed by atoms with Gasteiger partial charge in [0.25, 0.3) is 5.69 Å². The Morgan fingerprint density at radius 3 is 2.63 bits per heavy atom. The molecule has 6 nitrogen and oxygen atoms in total. The van der Waals surface area contributed by atoms with Crippen molar-refractivity contribution >= 4 is 22.4 Å². The molecule has 0 aliphatic carbocycles. The molecule has 2 heterocycles. The van der Waals surface area contributed by atoms with Gasteiger partial charge >= 0.3 is 0 Å². The third kappa shape index (κ3) is 1.79. The molecule has 0 unspecified atom stereocenters. The van der Waals surface area contributed by atoms with E-state index in [1.807, 2.05) is 6.07 Å². The fraction of sp³-hybridized carbons (Fsp3) is 0. The van der Waals surface area contributed by atoms with Gasteiger partial charge in [0.1, 0.15) is 5.65 Å². The van der Waals surface area contributed by atoms with E-state index in [4.69, 9.17) is 5.73 Å². The van der Waals surface area contributed by atoms with Crippen LogP contribution in [0.25, 0.3) is 22.2 Å². The van der Waals surface area contributed by atoms with Crippen LogP contribution in [-0.2, 0) is 0 Å². The molecule has 0 radical (unpaired) electrons. The molecule has 0 bridgehead atoms. The van der Waals surface area contributed by atoms with Gasteiger partial charge in [-0.1, -0.05) is 0 Å². The first kappa shape index (κ1) is 11.2. The van der Waals surface area contributed by atoms with Gasteiger partial charge in [0.05, 0.1) is 10.6 Å². The average Bonchev–Trinajstić information content (AvgIpc) is 2.88. The first-order chi connectivity index (χ1) is 9.16. The van der Waals surface area contributed by atoms with Crippen molar-refractivity contribution in [3.63, 3.8) is 0 Å². The summed E-state index contributed by atoms with van der Waals surface area (Å²) >= 11 is 0. The summed E-state index contributed by atoms with van der Waals surface area (Å²) in [5, 5.41) is 11.5. The fourth-order valence-corrected chi connectivity index (χ4v) is 2.02. The largest absolute Gasteiger partial charge is 0.398 e. The maximum Gasteiger partial charge on any atom is 0.269 e.